The van der Waals surface area contributed by atoms with Crippen molar-refractivity contribution in [1.29, 1.82) is 0 Å². The van der Waals surface area contributed by atoms with Gasteiger partial charge in [0.15, 0.2) is 0 Å². The largest absolute Gasteiger partial charge is 0.507 e. The zero-order valence-corrected chi connectivity index (χ0v) is 28.0. The van der Waals surface area contributed by atoms with E-state index in [0.29, 0.717) is 34.7 Å². The van der Waals surface area contributed by atoms with Crippen LogP contribution < -0.4 is 4.74 Å². The van der Waals surface area contributed by atoms with Gasteiger partial charge in [-0.2, -0.15) is 0 Å². The van der Waals surface area contributed by atoms with Gasteiger partial charge in [0.25, 0.3) is 0 Å². The van der Waals surface area contributed by atoms with E-state index < -0.39 is 0 Å². The molecule has 6 aromatic rings. The van der Waals surface area contributed by atoms with Crippen LogP contribution in [0.5, 0.6) is 17.4 Å². The van der Waals surface area contributed by atoms with Crippen molar-refractivity contribution in [2.75, 3.05) is 0 Å². The third-order valence-electron chi connectivity index (χ3n) is 7.76. The molecule has 0 atom stereocenters. The first-order valence-electron chi connectivity index (χ1n) is 15.0. The van der Waals surface area contributed by atoms with Gasteiger partial charge in [-0.3, -0.25) is 4.98 Å². The predicted octanol–water partition coefficient (Wildman–Crippen LogP) is 10.7. The zero-order chi connectivity index (χ0) is 30.6. The Labute approximate surface area is 280 Å². The van der Waals surface area contributed by atoms with E-state index in [1.54, 1.807) is 12.3 Å². The van der Waals surface area contributed by atoms with Crippen LogP contribution in [0.1, 0.15) is 50.7 Å². The molecule has 0 bridgehead atoms. The molecule has 0 aliphatic rings. The number of aromatic hydroxyl groups is 1. The summed E-state index contributed by atoms with van der Waals surface area (Å²) in [4.78, 5) is 9.56. The van der Waals surface area contributed by atoms with E-state index in [1.165, 1.54) is 11.1 Å². The van der Waals surface area contributed by atoms with Gasteiger partial charge in [-0.25, -0.2) is 4.98 Å². The summed E-state index contributed by atoms with van der Waals surface area (Å²) in [6.45, 7) is 8.87. The molecule has 0 spiro atoms. The number of pyridine rings is 2. The molecule has 45 heavy (non-hydrogen) atoms. The van der Waals surface area contributed by atoms with Gasteiger partial charge in [0.2, 0.25) is 5.88 Å². The van der Waals surface area contributed by atoms with Gasteiger partial charge in [0, 0.05) is 50.2 Å². The van der Waals surface area contributed by atoms with Gasteiger partial charge < -0.3 is 9.84 Å². The molecule has 4 nitrogen and oxygen atoms in total. The van der Waals surface area contributed by atoms with Crippen molar-refractivity contribution in [3.63, 3.8) is 0 Å². The summed E-state index contributed by atoms with van der Waals surface area (Å²) < 4.78 is 6.17. The molecule has 0 fully saturated rings. The molecule has 0 aliphatic heterocycles. The van der Waals surface area contributed by atoms with Crippen LogP contribution in [-0.2, 0) is 21.1 Å². The van der Waals surface area contributed by atoms with Crippen molar-refractivity contribution in [2.45, 2.75) is 39.5 Å². The summed E-state index contributed by atoms with van der Waals surface area (Å²) in [5.74, 6) is 1.97. The maximum Gasteiger partial charge on any atom is 0.217 e. The first kappa shape index (κ1) is 31.9. The number of benzene rings is 4. The van der Waals surface area contributed by atoms with Gasteiger partial charge in [-0.15, -0.1) is 11.6 Å². The van der Waals surface area contributed by atoms with Crippen molar-refractivity contribution < 1.29 is 30.9 Å². The minimum Gasteiger partial charge on any atom is -0.507 e. The first-order valence-corrected chi connectivity index (χ1v) is 15.0. The molecule has 228 valence electrons. The van der Waals surface area contributed by atoms with Crippen LogP contribution in [0.2, 0.25) is 0 Å². The number of para-hydroxylation sites is 1. The Morgan fingerprint density at radius 1 is 0.644 bits per heavy atom. The van der Waals surface area contributed by atoms with E-state index in [1.807, 2.05) is 66.7 Å². The quantitative estimate of drug-likeness (QED) is 0.157. The Morgan fingerprint density at radius 3 is 2.00 bits per heavy atom. The summed E-state index contributed by atoms with van der Waals surface area (Å²) in [6, 6.07) is 41.5. The smallest absolute Gasteiger partial charge is 0.217 e. The summed E-state index contributed by atoms with van der Waals surface area (Å²) in [6.07, 6.45) is 1.70. The molecular formula is C40H35N2O2Pt-. The van der Waals surface area contributed by atoms with E-state index in [0.717, 1.165) is 33.5 Å². The van der Waals surface area contributed by atoms with Gasteiger partial charge >= 0.3 is 0 Å². The summed E-state index contributed by atoms with van der Waals surface area (Å²) in [5, 5.41) is 11.0. The fourth-order valence-corrected chi connectivity index (χ4v) is 5.27. The Kier molecular flexibility index (Phi) is 9.96. The number of rotatable bonds is 8. The van der Waals surface area contributed by atoms with Crippen LogP contribution in [-0.4, -0.2) is 15.1 Å². The fraction of sp³-hybridized carbons (Fsp3) is 0.150. The monoisotopic (exact) mass is 770 g/mol. The average molecular weight is 771 g/mol. The number of nitrogens with zero attached hydrogens (tertiary/aromatic N) is 2. The van der Waals surface area contributed by atoms with Gasteiger partial charge in [-0.05, 0) is 58.0 Å². The maximum absolute atomic E-state index is 11.0. The SMILES string of the molecule is CC(C)c1cc(-c2ccc(-c3[c-]c(Oc4ccccn4)cc(-c4ccccc4)c3)nc2-c2ccccc2O)cc(C(C)C)c1.[Pt]. The van der Waals surface area contributed by atoms with Crippen molar-refractivity contribution >= 4 is 0 Å². The topological polar surface area (TPSA) is 55.2 Å². The molecule has 5 heteroatoms. The third kappa shape index (κ3) is 7.24. The second-order valence-corrected chi connectivity index (χ2v) is 11.6. The number of ether oxygens (including phenoxy) is 1. The Balaban J connectivity index is 0.00000400. The van der Waals surface area contributed by atoms with Gasteiger partial charge in [0.05, 0.1) is 5.69 Å². The molecule has 2 aromatic heterocycles. The fourth-order valence-electron chi connectivity index (χ4n) is 5.27. The minimum absolute atomic E-state index is 0. The van der Waals surface area contributed by atoms with Crippen molar-refractivity contribution in [3.8, 4) is 62.1 Å². The Morgan fingerprint density at radius 2 is 1.33 bits per heavy atom. The molecule has 0 aliphatic carbocycles. The van der Waals surface area contributed by atoms with Crippen LogP contribution in [0.25, 0.3) is 44.8 Å². The van der Waals surface area contributed by atoms with Crippen molar-refractivity contribution in [3.05, 3.63) is 139 Å². The van der Waals surface area contributed by atoms with Gasteiger partial charge in [0.1, 0.15) is 5.75 Å². The zero-order valence-electron chi connectivity index (χ0n) is 25.8. The molecule has 1 N–H and O–H groups in total. The van der Waals surface area contributed by atoms with Crippen LogP contribution in [0.4, 0.5) is 0 Å². The Bertz CT molecular complexity index is 1880. The van der Waals surface area contributed by atoms with E-state index in [9.17, 15) is 5.11 Å². The van der Waals surface area contributed by atoms with Crippen molar-refractivity contribution in [2.24, 2.45) is 0 Å². The predicted molar refractivity (Wildman–Crippen MR) is 179 cm³/mol. The van der Waals surface area contributed by atoms with E-state index in [-0.39, 0.29) is 26.8 Å². The minimum atomic E-state index is 0. The Hall–Kier alpha value is -4.53. The second-order valence-electron chi connectivity index (χ2n) is 11.6. The molecule has 0 unspecified atom stereocenters. The van der Waals surface area contributed by atoms with Gasteiger partial charge in [-0.1, -0.05) is 124 Å². The number of phenolic OH excluding ortho intramolecular Hbond substituents is 1. The second kappa shape index (κ2) is 14.1. The van der Waals surface area contributed by atoms with Crippen LogP contribution >= 0.6 is 0 Å². The standard InChI is InChI=1S/C40H35N2O2.Pt/c1-26(2)29-20-30(27(3)4)22-32(21-29)35-17-18-37(42-40(35)36-14-8-9-15-38(36)43)33-23-31(28-12-6-5-7-13-28)24-34(25-33)44-39-16-10-11-19-41-39;/h5-24,26-27,43H,1-4H3;/q-1;. The van der Waals surface area contributed by atoms with E-state index >= 15 is 0 Å². The molecule has 0 saturated heterocycles. The molecule has 4 aromatic carbocycles. The summed E-state index contributed by atoms with van der Waals surface area (Å²) in [5.41, 5.74) is 9.51. The van der Waals surface area contributed by atoms with Crippen LogP contribution in [0.15, 0.2) is 121 Å². The molecule has 0 amide bonds. The molecular weight excluding hydrogens is 736 g/mol. The first-order chi connectivity index (χ1) is 21.4. The number of hydrogen-bond acceptors (Lipinski definition) is 4. The molecule has 6 rings (SSSR count). The van der Waals surface area contributed by atoms with E-state index in [4.69, 9.17) is 9.72 Å². The van der Waals surface area contributed by atoms with E-state index in [2.05, 4.69) is 81.2 Å². The van der Waals surface area contributed by atoms with Crippen LogP contribution in [0.3, 0.4) is 0 Å². The van der Waals surface area contributed by atoms with Crippen LogP contribution in [0, 0.1) is 6.07 Å². The molecule has 0 saturated carbocycles. The number of hydrogen-bond donors (Lipinski definition) is 1. The van der Waals surface area contributed by atoms with Crippen molar-refractivity contribution in [1.82, 2.24) is 9.97 Å². The number of aromatic nitrogens is 2. The summed E-state index contributed by atoms with van der Waals surface area (Å²) in [7, 11) is 0. The summed E-state index contributed by atoms with van der Waals surface area (Å²) >= 11 is 0. The molecule has 0 radical (unpaired) electrons. The molecule has 2 heterocycles. The number of phenols is 1. The third-order valence-corrected chi connectivity index (χ3v) is 7.76. The maximum atomic E-state index is 11.0. The normalized spacial score (nSPS) is 11.0. The average Bonchev–Trinajstić information content (AvgIpc) is 3.05.